The molecule has 2 rings (SSSR count). The number of carbonyl (C=O) groups is 1. The Bertz CT molecular complexity index is 610. The number of nitrogens with zero attached hydrogens (tertiary/aromatic N) is 1. The molecule has 1 aromatic heterocycles. The van der Waals surface area contributed by atoms with Crippen LogP contribution in [-0.4, -0.2) is 5.91 Å². The summed E-state index contributed by atoms with van der Waals surface area (Å²) in [6.07, 6.45) is 0. The zero-order valence-electron chi connectivity index (χ0n) is 11.5. The van der Waals surface area contributed by atoms with Crippen molar-refractivity contribution in [2.45, 2.75) is 27.3 Å². The van der Waals surface area contributed by atoms with Crippen LogP contribution in [-0.2, 0) is 11.3 Å². The van der Waals surface area contributed by atoms with E-state index in [9.17, 15) is 4.79 Å². The largest absolute Gasteiger partial charge is 1.00 e. The van der Waals surface area contributed by atoms with Crippen molar-refractivity contribution in [3.63, 3.8) is 0 Å². The number of rotatable bonds is 3. The van der Waals surface area contributed by atoms with Gasteiger partial charge in [-0.3, -0.25) is 4.79 Å². The maximum atomic E-state index is 12.0. The standard InChI is InChI=1S/C14H15BrN2OS.ClH/c1-9-10(2)19-11(3)17(9)8-14(18)16-13-6-4-12(15)5-7-13;/h4-7H,8H2,1-3H3;1H. The molecule has 1 N–H and O–H groups in total. The average molecular weight is 376 g/mol. The van der Waals surface area contributed by atoms with Gasteiger partial charge in [-0.2, -0.15) is 4.57 Å². The number of benzene rings is 1. The number of amides is 1. The van der Waals surface area contributed by atoms with Crippen LogP contribution in [0, 0.1) is 20.8 Å². The quantitative estimate of drug-likeness (QED) is 0.773. The highest BCUT2D eigenvalue weighted by Crippen LogP contribution is 2.15. The van der Waals surface area contributed by atoms with Gasteiger partial charge in [0.1, 0.15) is 0 Å². The van der Waals surface area contributed by atoms with Crippen LogP contribution in [0.3, 0.4) is 0 Å². The Morgan fingerprint density at radius 1 is 1.25 bits per heavy atom. The Kier molecular flexibility index (Phi) is 6.17. The molecule has 1 amide bonds. The summed E-state index contributed by atoms with van der Waals surface area (Å²) < 4.78 is 3.05. The average Bonchev–Trinajstić information content (AvgIpc) is 2.59. The van der Waals surface area contributed by atoms with Gasteiger partial charge in [-0.1, -0.05) is 27.3 Å². The predicted molar refractivity (Wildman–Crippen MR) is 81.5 cm³/mol. The number of aromatic nitrogens is 1. The second kappa shape index (κ2) is 7.20. The van der Waals surface area contributed by atoms with E-state index >= 15 is 0 Å². The highest BCUT2D eigenvalue weighted by Gasteiger charge is 2.20. The van der Waals surface area contributed by atoms with Crippen LogP contribution < -0.4 is 22.3 Å². The van der Waals surface area contributed by atoms with E-state index in [1.165, 1.54) is 4.88 Å². The highest BCUT2D eigenvalue weighted by molar-refractivity contribution is 9.10. The first-order chi connectivity index (χ1) is 8.97. The molecule has 0 aliphatic rings. The molecule has 2 aromatic rings. The number of aryl methyl sites for hydroxylation is 2. The maximum absolute atomic E-state index is 12.0. The van der Waals surface area contributed by atoms with Gasteiger partial charge in [-0.05, 0) is 31.2 Å². The molecule has 6 heteroatoms. The second-order valence-corrected chi connectivity index (χ2v) is 6.73. The predicted octanol–water partition coefficient (Wildman–Crippen LogP) is 0.366. The van der Waals surface area contributed by atoms with Gasteiger partial charge in [0.25, 0.3) is 5.91 Å². The number of halogens is 2. The third kappa shape index (κ3) is 4.04. The minimum Gasteiger partial charge on any atom is -1.00 e. The molecule has 0 bridgehead atoms. The lowest BCUT2D eigenvalue weighted by Crippen LogP contribution is -3.00. The fourth-order valence-electron chi connectivity index (χ4n) is 1.88. The molecular formula is C14H16BrClN2OS. The molecule has 1 aromatic carbocycles. The molecule has 0 fully saturated rings. The lowest BCUT2D eigenvalue weighted by molar-refractivity contribution is -0.691. The molecule has 0 saturated carbocycles. The van der Waals surface area contributed by atoms with Crippen LogP contribution in [0.1, 0.15) is 15.6 Å². The molecule has 0 saturated heterocycles. The molecule has 0 aliphatic heterocycles. The topological polar surface area (TPSA) is 33.0 Å². The van der Waals surface area contributed by atoms with Crippen molar-refractivity contribution in [1.29, 1.82) is 0 Å². The van der Waals surface area contributed by atoms with Gasteiger partial charge in [-0.15, -0.1) is 0 Å². The fourth-order valence-corrected chi connectivity index (χ4v) is 3.16. The van der Waals surface area contributed by atoms with Crippen molar-refractivity contribution in [2.75, 3.05) is 5.32 Å². The molecular weight excluding hydrogens is 360 g/mol. The Morgan fingerprint density at radius 2 is 1.85 bits per heavy atom. The molecule has 3 nitrogen and oxygen atoms in total. The van der Waals surface area contributed by atoms with Gasteiger partial charge < -0.3 is 17.7 Å². The molecule has 1 heterocycles. The molecule has 0 unspecified atom stereocenters. The summed E-state index contributed by atoms with van der Waals surface area (Å²) in [5.74, 6) is -0.00341. The van der Waals surface area contributed by atoms with E-state index in [0.717, 1.165) is 20.9 Å². The van der Waals surface area contributed by atoms with E-state index in [1.807, 2.05) is 42.7 Å². The summed E-state index contributed by atoms with van der Waals surface area (Å²) in [6.45, 7) is 6.53. The van der Waals surface area contributed by atoms with Crippen molar-refractivity contribution in [3.05, 3.63) is 44.3 Å². The van der Waals surface area contributed by atoms with Crippen LogP contribution in [0.4, 0.5) is 5.69 Å². The summed E-state index contributed by atoms with van der Waals surface area (Å²) in [4.78, 5) is 13.3. The van der Waals surface area contributed by atoms with Crippen LogP contribution in [0.2, 0.25) is 0 Å². The first kappa shape index (κ1) is 17.1. The van der Waals surface area contributed by atoms with Gasteiger partial charge in [0, 0.05) is 24.0 Å². The number of carbonyl (C=O) groups excluding carboxylic acids is 1. The summed E-state index contributed by atoms with van der Waals surface area (Å²) in [7, 11) is 0. The molecule has 20 heavy (non-hydrogen) atoms. The molecule has 0 spiro atoms. The van der Waals surface area contributed by atoms with Gasteiger partial charge in [0.2, 0.25) is 11.6 Å². The zero-order valence-corrected chi connectivity index (χ0v) is 14.7. The Balaban J connectivity index is 0.00000200. The lowest BCUT2D eigenvalue weighted by atomic mass is 10.3. The zero-order chi connectivity index (χ0) is 14.0. The van der Waals surface area contributed by atoms with Crippen molar-refractivity contribution < 1.29 is 21.8 Å². The van der Waals surface area contributed by atoms with E-state index in [-0.39, 0.29) is 18.3 Å². The van der Waals surface area contributed by atoms with E-state index in [2.05, 4.69) is 28.2 Å². The van der Waals surface area contributed by atoms with Crippen LogP contribution in [0.5, 0.6) is 0 Å². The Hall–Kier alpha value is -0.910. The van der Waals surface area contributed by atoms with Gasteiger partial charge in [0.15, 0.2) is 5.69 Å². The second-order valence-electron chi connectivity index (χ2n) is 4.40. The minimum atomic E-state index is -0.00341. The lowest BCUT2D eigenvalue weighted by Gasteiger charge is -2.03. The Morgan fingerprint density at radius 3 is 2.35 bits per heavy atom. The van der Waals surface area contributed by atoms with Gasteiger partial charge in [0.05, 0.1) is 4.88 Å². The summed E-state index contributed by atoms with van der Waals surface area (Å²) in [5, 5.41) is 4.06. The van der Waals surface area contributed by atoms with Gasteiger partial charge in [-0.25, -0.2) is 0 Å². The van der Waals surface area contributed by atoms with Crippen molar-refractivity contribution in [1.82, 2.24) is 0 Å². The monoisotopic (exact) mass is 374 g/mol. The smallest absolute Gasteiger partial charge is 0.290 e. The summed E-state index contributed by atoms with van der Waals surface area (Å²) in [6, 6.07) is 7.58. The summed E-state index contributed by atoms with van der Waals surface area (Å²) in [5.41, 5.74) is 1.98. The van der Waals surface area contributed by atoms with E-state index in [4.69, 9.17) is 0 Å². The third-order valence-corrected chi connectivity index (χ3v) is 4.67. The SMILES string of the molecule is Cc1sc(C)[n+](CC(=O)Nc2ccc(Br)cc2)c1C.[Cl-]. The van der Waals surface area contributed by atoms with Crippen LogP contribution >= 0.6 is 27.3 Å². The third-order valence-electron chi connectivity index (χ3n) is 3.02. The molecule has 0 aliphatic carbocycles. The van der Waals surface area contributed by atoms with Crippen LogP contribution in [0.25, 0.3) is 0 Å². The Labute approximate surface area is 137 Å². The fraction of sp³-hybridized carbons (Fsp3) is 0.286. The van der Waals surface area contributed by atoms with E-state index in [0.29, 0.717) is 6.54 Å². The van der Waals surface area contributed by atoms with Crippen LogP contribution in [0.15, 0.2) is 28.7 Å². The van der Waals surface area contributed by atoms with Gasteiger partial charge >= 0.3 is 0 Å². The maximum Gasteiger partial charge on any atom is 0.290 e. The number of hydrogen-bond donors (Lipinski definition) is 1. The molecule has 108 valence electrons. The first-order valence-electron chi connectivity index (χ1n) is 5.99. The first-order valence-corrected chi connectivity index (χ1v) is 7.60. The summed E-state index contributed by atoms with van der Waals surface area (Å²) >= 11 is 5.09. The number of nitrogens with one attached hydrogen (secondary N) is 1. The van der Waals surface area contributed by atoms with Crippen molar-refractivity contribution in [3.8, 4) is 0 Å². The number of hydrogen-bond acceptors (Lipinski definition) is 2. The molecule has 0 radical (unpaired) electrons. The van der Waals surface area contributed by atoms with Crippen molar-refractivity contribution in [2.24, 2.45) is 0 Å². The number of thiazole rings is 1. The van der Waals surface area contributed by atoms with E-state index in [1.54, 1.807) is 11.3 Å². The van der Waals surface area contributed by atoms with Crippen molar-refractivity contribution >= 4 is 38.9 Å². The highest BCUT2D eigenvalue weighted by atomic mass is 79.9. The normalized spacial score (nSPS) is 10.0. The minimum absolute atomic E-state index is 0. The molecule has 0 atom stereocenters. The van der Waals surface area contributed by atoms with E-state index < -0.39 is 0 Å². The number of anilines is 1.